The minimum atomic E-state index is -0.820. The standard InChI is InChI=1S/C21H23NO4/c1-4-25-21(24)20-17(14-7-9-16(10-8-14)22(2)3)12-15(13-18(20)23)19-6-5-11-26-19/h5-11,13,17,20H,4,12H2,1-3H3/t17-,20-/m1/s1. The maximum atomic E-state index is 12.7. The summed E-state index contributed by atoms with van der Waals surface area (Å²) in [7, 11) is 3.94. The fourth-order valence-corrected chi connectivity index (χ4v) is 3.35. The molecule has 0 saturated heterocycles. The van der Waals surface area contributed by atoms with Gasteiger partial charge in [0.1, 0.15) is 11.7 Å². The van der Waals surface area contributed by atoms with E-state index in [1.165, 1.54) is 6.08 Å². The zero-order valence-corrected chi connectivity index (χ0v) is 15.3. The smallest absolute Gasteiger partial charge is 0.317 e. The van der Waals surface area contributed by atoms with E-state index in [-0.39, 0.29) is 18.3 Å². The second kappa shape index (κ2) is 7.60. The lowest BCUT2D eigenvalue weighted by molar-refractivity contribution is -0.151. The highest BCUT2D eigenvalue weighted by Gasteiger charge is 2.40. The summed E-state index contributed by atoms with van der Waals surface area (Å²) in [6.45, 7) is 2.00. The van der Waals surface area contributed by atoms with Crippen molar-refractivity contribution >= 4 is 23.0 Å². The first-order valence-electron chi connectivity index (χ1n) is 8.73. The zero-order valence-electron chi connectivity index (χ0n) is 15.3. The molecule has 0 radical (unpaired) electrons. The number of hydrogen-bond acceptors (Lipinski definition) is 5. The van der Waals surface area contributed by atoms with Crippen molar-refractivity contribution in [3.8, 4) is 0 Å². The van der Waals surface area contributed by atoms with Crippen LogP contribution < -0.4 is 4.90 Å². The van der Waals surface area contributed by atoms with Gasteiger partial charge in [-0.1, -0.05) is 12.1 Å². The molecule has 5 nitrogen and oxygen atoms in total. The van der Waals surface area contributed by atoms with Crippen LogP contribution in [0.15, 0.2) is 53.2 Å². The summed E-state index contributed by atoms with van der Waals surface area (Å²) in [5, 5.41) is 0. The molecule has 2 aromatic rings. The predicted octanol–water partition coefficient (Wildman–Crippen LogP) is 3.66. The van der Waals surface area contributed by atoms with Crippen molar-refractivity contribution in [2.24, 2.45) is 5.92 Å². The zero-order chi connectivity index (χ0) is 18.7. The molecular weight excluding hydrogens is 330 g/mol. The van der Waals surface area contributed by atoms with Crippen LogP contribution >= 0.6 is 0 Å². The molecule has 0 aliphatic heterocycles. The van der Waals surface area contributed by atoms with Gasteiger partial charge in [-0.05, 0) is 54.8 Å². The number of anilines is 1. The van der Waals surface area contributed by atoms with Gasteiger partial charge in [-0.2, -0.15) is 0 Å². The second-order valence-corrected chi connectivity index (χ2v) is 6.58. The Labute approximate surface area is 153 Å². The highest BCUT2D eigenvalue weighted by Crippen LogP contribution is 2.40. The molecule has 0 N–H and O–H groups in total. The van der Waals surface area contributed by atoms with Crippen LogP contribution in [0.5, 0.6) is 0 Å². The molecule has 136 valence electrons. The Morgan fingerprint density at radius 3 is 2.54 bits per heavy atom. The lowest BCUT2D eigenvalue weighted by Crippen LogP contribution is -2.34. The third-order valence-electron chi connectivity index (χ3n) is 4.68. The SMILES string of the molecule is CCOC(=O)[C@H]1C(=O)C=C(c2ccco2)C[C@@H]1c1ccc(N(C)C)cc1. The third-order valence-corrected chi connectivity index (χ3v) is 4.68. The number of hydrogen-bond donors (Lipinski definition) is 0. The molecule has 1 aliphatic rings. The van der Waals surface area contributed by atoms with Crippen molar-refractivity contribution in [3.05, 3.63) is 60.1 Å². The van der Waals surface area contributed by atoms with Gasteiger partial charge in [0.05, 0.1) is 12.9 Å². The molecule has 5 heteroatoms. The lowest BCUT2D eigenvalue weighted by Gasteiger charge is -2.29. The molecule has 3 rings (SSSR count). The highest BCUT2D eigenvalue weighted by molar-refractivity contribution is 6.10. The fraction of sp³-hybridized carbons (Fsp3) is 0.333. The van der Waals surface area contributed by atoms with Crippen molar-refractivity contribution in [2.45, 2.75) is 19.3 Å². The van der Waals surface area contributed by atoms with Gasteiger partial charge >= 0.3 is 5.97 Å². The molecule has 1 aromatic carbocycles. The summed E-state index contributed by atoms with van der Waals surface area (Å²) in [5.74, 6) is -1.13. The number of ketones is 1. The van der Waals surface area contributed by atoms with Crippen molar-refractivity contribution in [1.29, 1.82) is 0 Å². The van der Waals surface area contributed by atoms with E-state index in [0.29, 0.717) is 12.2 Å². The van der Waals surface area contributed by atoms with E-state index < -0.39 is 11.9 Å². The maximum absolute atomic E-state index is 12.7. The van der Waals surface area contributed by atoms with E-state index in [9.17, 15) is 9.59 Å². The van der Waals surface area contributed by atoms with E-state index in [4.69, 9.17) is 9.15 Å². The van der Waals surface area contributed by atoms with Crippen LogP contribution in [0.3, 0.4) is 0 Å². The highest BCUT2D eigenvalue weighted by atomic mass is 16.5. The van der Waals surface area contributed by atoms with E-state index in [0.717, 1.165) is 16.8 Å². The van der Waals surface area contributed by atoms with Gasteiger partial charge in [-0.15, -0.1) is 0 Å². The van der Waals surface area contributed by atoms with Crippen LogP contribution in [-0.2, 0) is 14.3 Å². The van der Waals surface area contributed by atoms with Gasteiger partial charge in [-0.25, -0.2) is 0 Å². The van der Waals surface area contributed by atoms with Crippen LogP contribution in [0.25, 0.3) is 5.57 Å². The van der Waals surface area contributed by atoms with Gasteiger partial charge in [-0.3, -0.25) is 9.59 Å². The van der Waals surface area contributed by atoms with Crippen LogP contribution in [0.1, 0.15) is 30.6 Å². The van der Waals surface area contributed by atoms with Crippen LogP contribution in [0, 0.1) is 5.92 Å². The summed E-state index contributed by atoms with van der Waals surface area (Å²) in [6, 6.07) is 11.6. The quantitative estimate of drug-likeness (QED) is 0.606. The third kappa shape index (κ3) is 3.57. The molecule has 0 amide bonds. The summed E-state index contributed by atoms with van der Waals surface area (Å²) in [4.78, 5) is 27.2. The molecule has 0 unspecified atom stereocenters. The number of nitrogens with zero attached hydrogens (tertiary/aromatic N) is 1. The minimum absolute atomic E-state index is 0.234. The topological polar surface area (TPSA) is 59.8 Å². The number of benzene rings is 1. The Hall–Kier alpha value is -2.82. The van der Waals surface area contributed by atoms with Crippen LogP contribution in [0.2, 0.25) is 0 Å². The first kappa shape index (κ1) is 18.0. The van der Waals surface area contributed by atoms with Crippen molar-refractivity contribution < 1.29 is 18.7 Å². The normalized spacial score (nSPS) is 19.8. The van der Waals surface area contributed by atoms with Gasteiger partial charge in [0.25, 0.3) is 0 Å². The predicted molar refractivity (Wildman–Crippen MR) is 99.9 cm³/mol. The second-order valence-electron chi connectivity index (χ2n) is 6.58. The number of carbonyl (C=O) groups excluding carboxylic acids is 2. The monoisotopic (exact) mass is 353 g/mol. The molecule has 0 saturated carbocycles. The van der Waals surface area contributed by atoms with E-state index in [1.807, 2.05) is 49.3 Å². The maximum Gasteiger partial charge on any atom is 0.317 e. The number of carbonyl (C=O) groups is 2. The van der Waals surface area contributed by atoms with E-state index in [1.54, 1.807) is 19.3 Å². The number of ether oxygens (including phenoxy) is 1. The number of esters is 1. The largest absolute Gasteiger partial charge is 0.465 e. The molecule has 2 atom stereocenters. The van der Waals surface area contributed by atoms with Gasteiger partial charge < -0.3 is 14.1 Å². The number of furan rings is 1. The Morgan fingerprint density at radius 1 is 1.23 bits per heavy atom. The summed E-state index contributed by atoms with van der Waals surface area (Å²) in [5.41, 5.74) is 2.81. The molecule has 1 heterocycles. The van der Waals surface area contributed by atoms with Crippen molar-refractivity contribution in [1.82, 2.24) is 0 Å². The molecule has 0 spiro atoms. The summed E-state index contributed by atoms with van der Waals surface area (Å²) >= 11 is 0. The van der Waals surface area contributed by atoms with Crippen molar-refractivity contribution in [3.63, 3.8) is 0 Å². The molecular formula is C21H23NO4. The molecule has 1 aromatic heterocycles. The minimum Gasteiger partial charge on any atom is -0.465 e. The first-order chi connectivity index (χ1) is 12.5. The average molecular weight is 353 g/mol. The van der Waals surface area contributed by atoms with E-state index >= 15 is 0 Å². The Balaban J connectivity index is 1.98. The summed E-state index contributed by atoms with van der Waals surface area (Å²) < 4.78 is 10.6. The van der Waals surface area contributed by atoms with Gasteiger partial charge in [0.15, 0.2) is 5.78 Å². The number of allylic oxidation sites excluding steroid dienone is 2. The average Bonchev–Trinajstić information content (AvgIpc) is 3.16. The molecule has 1 aliphatic carbocycles. The Bertz CT molecular complexity index is 803. The van der Waals surface area contributed by atoms with Gasteiger partial charge in [0, 0.05) is 25.7 Å². The lowest BCUT2D eigenvalue weighted by atomic mass is 9.74. The summed E-state index contributed by atoms with van der Waals surface area (Å²) in [6.07, 6.45) is 3.65. The fourth-order valence-electron chi connectivity index (χ4n) is 3.35. The Morgan fingerprint density at radius 2 is 1.96 bits per heavy atom. The van der Waals surface area contributed by atoms with Gasteiger partial charge in [0.2, 0.25) is 0 Å². The first-order valence-corrected chi connectivity index (χ1v) is 8.73. The Kier molecular flexibility index (Phi) is 5.26. The van der Waals surface area contributed by atoms with Crippen LogP contribution in [0.4, 0.5) is 5.69 Å². The van der Waals surface area contributed by atoms with Crippen molar-refractivity contribution in [2.75, 3.05) is 25.6 Å². The molecule has 26 heavy (non-hydrogen) atoms. The van der Waals surface area contributed by atoms with Crippen LogP contribution in [-0.4, -0.2) is 32.5 Å². The van der Waals surface area contributed by atoms with E-state index in [2.05, 4.69) is 0 Å². The molecule has 0 fully saturated rings. The number of rotatable bonds is 5. The molecule has 0 bridgehead atoms.